The average Bonchev–Trinajstić information content (AvgIpc) is 3.30. The zero-order valence-corrected chi connectivity index (χ0v) is 22.8. The van der Waals surface area contributed by atoms with Crippen LogP contribution in [0.3, 0.4) is 0 Å². The molecule has 1 saturated heterocycles. The maximum absolute atomic E-state index is 14.0. The first-order chi connectivity index (χ1) is 19.6. The smallest absolute Gasteiger partial charge is 0.438 e. The van der Waals surface area contributed by atoms with Gasteiger partial charge in [0.2, 0.25) is 5.95 Å². The number of nitrogens with zero attached hydrogens (tertiary/aromatic N) is 4. The molecule has 0 aliphatic carbocycles. The van der Waals surface area contributed by atoms with Crippen LogP contribution in [-0.4, -0.2) is 103 Å². The molecule has 0 saturated carbocycles. The molecule has 2 N–H and O–H groups in total. The molecule has 1 unspecified atom stereocenters. The third kappa shape index (κ3) is 7.29. The molecule has 0 spiro atoms. The lowest BCUT2D eigenvalue weighted by atomic mass is 9.94. The summed E-state index contributed by atoms with van der Waals surface area (Å²) in [4.78, 5) is 31.8. The number of carbonyl (C=O) groups excluding carboxylic acids is 2. The molecule has 41 heavy (non-hydrogen) atoms. The largest absolute Gasteiger partial charge is 0.550 e. The summed E-state index contributed by atoms with van der Waals surface area (Å²) in [7, 11) is 0. The number of anilines is 1. The van der Waals surface area contributed by atoms with Gasteiger partial charge in [0.1, 0.15) is 12.3 Å². The van der Waals surface area contributed by atoms with Crippen LogP contribution in [0, 0.1) is 5.92 Å². The van der Waals surface area contributed by atoms with Crippen molar-refractivity contribution in [3.8, 4) is 5.75 Å². The number of quaternary nitrogens is 1. The lowest BCUT2D eigenvalue weighted by Gasteiger charge is -2.39. The van der Waals surface area contributed by atoms with Gasteiger partial charge < -0.3 is 30.1 Å². The molecular weight excluding hydrogens is 545 g/mol. The predicted molar refractivity (Wildman–Crippen MR) is 139 cm³/mol. The van der Waals surface area contributed by atoms with Gasteiger partial charge in [-0.3, -0.25) is 4.90 Å². The van der Waals surface area contributed by atoms with Crippen LogP contribution in [0.25, 0.3) is 0 Å². The molecular formula is C27H35F3N6O5. The number of nitrogens with one attached hydrogen (secondary N) is 2. The molecule has 224 valence electrons. The molecule has 4 heterocycles. The second-order valence-electron chi connectivity index (χ2n) is 10.9. The lowest BCUT2D eigenvalue weighted by Crippen LogP contribution is -2.61. The summed E-state index contributed by atoms with van der Waals surface area (Å²) in [5.41, 5.74) is 5.21. The second-order valence-corrected chi connectivity index (χ2v) is 10.9. The van der Waals surface area contributed by atoms with Crippen LogP contribution in [0.1, 0.15) is 23.2 Å². The van der Waals surface area contributed by atoms with E-state index in [1.807, 2.05) is 15.8 Å². The van der Waals surface area contributed by atoms with Gasteiger partial charge in [-0.25, -0.2) is 18.9 Å². The van der Waals surface area contributed by atoms with Gasteiger partial charge >= 0.3 is 12.1 Å². The molecule has 0 radical (unpaired) electrons. The monoisotopic (exact) mass is 580 g/mol. The van der Waals surface area contributed by atoms with Gasteiger partial charge in [0, 0.05) is 57.1 Å². The number of rotatable bonds is 10. The van der Waals surface area contributed by atoms with Crippen LogP contribution in [0.2, 0.25) is 0 Å². The number of aromatic nitrogens is 2. The van der Waals surface area contributed by atoms with Crippen LogP contribution < -0.4 is 20.6 Å². The number of aliphatic carboxylic acids is 1. The molecule has 14 heteroatoms. The van der Waals surface area contributed by atoms with E-state index in [2.05, 4.69) is 15.7 Å². The minimum absolute atomic E-state index is 0.0258. The van der Waals surface area contributed by atoms with E-state index >= 15 is 0 Å². The molecule has 2 aromatic rings. The highest BCUT2D eigenvalue weighted by molar-refractivity contribution is 5.79. The number of benzene rings is 1. The number of amides is 1. The number of fused-ring (bicyclic) bond motifs is 2. The van der Waals surface area contributed by atoms with Crippen molar-refractivity contribution in [1.82, 2.24) is 14.6 Å². The summed E-state index contributed by atoms with van der Waals surface area (Å²) in [6.07, 6.45) is -2.86. The van der Waals surface area contributed by atoms with Crippen LogP contribution in [0.4, 0.5) is 19.1 Å². The Balaban J connectivity index is 1.38. The van der Waals surface area contributed by atoms with Crippen molar-refractivity contribution in [1.29, 1.82) is 0 Å². The van der Waals surface area contributed by atoms with Gasteiger partial charge in [-0.15, -0.1) is 0 Å². The van der Waals surface area contributed by atoms with E-state index in [9.17, 15) is 27.9 Å². The van der Waals surface area contributed by atoms with Crippen molar-refractivity contribution in [2.45, 2.75) is 32.0 Å². The van der Waals surface area contributed by atoms with Crippen LogP contribution in [0.15, 0.2) is 24.4 Å². The van der Waals surface area contributed by atoms with Crippen molar-refractivity contribution in [2.24, 2.45) is 5.92 Å². The van der Waals surface area contributed by atoms with Gasteiger partial charge in [0.25, 0.3) is 0 Å². The molecule has 2 atom stereocenters. The summed E-state index contributed by atoms with van der Waals surface area (Å²) in [6, 6.07) is 5.11. The highest BCUT2D eigenvalue weighted by Crippen LogP contribution is 2.35. The van der Waals surface area contributed by atoms with Crippen LogP contribution in [0.5, 0.6) is 5.75 Å². The fraction of sp³-hybridized carbons (Fsp3) is 0.593. The van der Waals surface area contributed by atoms with Gasteiger partial charge in [0.05, 0.1) is 44.2 Å². The number of carboxylic acid groups (broad SMARTS) is 1. The number of hydrogen-bond acceptors (Lipinski definition) is 9. The highest BCUT2D eigenvalue weighted by Gasteiger charge is 2.51. The van der Waals surface area contributed by atoms with E-state index in [0.29, 0.717) is 56.2 Å². The maximum atomic E-state index is 14.0. The third-order valence-corrected chi connectivity index (χ3v) is 7.85. The Morgan fingerprint density at radius 3 is 2.76 bits per heavy atom. The van der Waals surface area contributed by atoms with Crippen molar-refractivity contribution >= 4 is 17.8 Å². The Labute approximate surface area is 235 Å². The van der Waals surface area contributed by atoms with E-state index in [-0.39, 0.29) is 26.1 Å². The fourth-order valence-corrected chi connectivity index (χ4v) is 5.86. The standard InChI is InChI=1S/C27H35F3N6O5/c28-27(29,30)18-36(9-6-34-7-11-40-12-8-34)17-21-14-23(2-1-19(21)13-20(25(36)39)15-24(37)38)41-10-3-22-16-35-26(33-22)31-4-5-32-35/h1-2,14,16,20,32H,3-13,15,17-18H2,(H-,31,33,37,38)/t20-,36?/m0/s1. The van der Waals surface area contributed by atoms with Gasteiger partial charge in [-0.05, 0) is 24.1 Å². The summed E-state index contributed by atoms with van der Waals surface area (Å²) >= 11 is 0. The Morgan fingerprint density at radius 2 is 2.02 bits per heavy atom. The van der Waals surface area contributed by atoms with E-state index in [1.54, 1.807) is 18.2 Å². The summed E-state index contributed by atoms with van der Waals surface area (Å²) in [5.74, 6) is -2.12. The number of alkyl halides is 3. The topological polar surface area (TPSA) is 121 Å². The number of halogens is 3. The van der Waals surface area contributed by atoms with E-state index in [0.717, 1.165) is 24.7 Å². The Hall–Kier alpha value is -3.36. The first-order valence-corrected chi connectivity index (χ1v) is 13.9. The second kappa shape index (κ2) is 12.2. The van der Waals surface area contributed by atoms with E-state index < -0.39 is 41.4 Å². The summed E-state index contributed by atoms with van der Waals surface area (Å²) < 4.78 is 54.3. The molecule has 11 nitrogen and oxygen atoms in total. The zero-order valence-electron chi connectivity index (χ0n) is 22.8. The van der Waals surface area contributed by atoms with E-state index in [1.165, 1.54) is 0 Å². The van der Waals surface area contributed by atoms with Gasteiger partial charge in [0.15, 0.2) is 6.54 Å². The minimum atomic E-state index is -4.64. The summed E-state index contributed by atoms with van der Waals surface area (Å²) in [6.45, 7) is 2.48. The average molecular weight is 581 g/mol. The van der Waals surface area contributed by atoms with Crippen molar-refractivity contribution in [2.75, 3.05) is 76.4 Å². The molecule has 1 aromatic heterocycles. The SMILES string of the molecule is O=C([O-])C[C@@H]1Cc2ccc(OCCc3cn4c(n3)NCCN4)cc2C[N+](CCN2CCOCC2)(CC(F)(F)F)C1=O. The predicted octanol–water partition coefficient (Wildman–Crippen LogP) is 0.524. The Bertz CT molecular complexity index is 1230. The molecule has 1 aromatic carbocycles. The molecule has 1 fully saturated rings. The molecule has 3 aliphatic rings. The van der Waals surface area contributed by atoms with Gasteiger partial charge in [-0.1, -0.05) is 6.07 Å². The molecule has 3 aliphatic heterocycles. The number of carbonyl (C=O) groups is 2. The summed E-state index contributed by atoms with van der Waals surface area (Å²) in [5, 5.41) is 14.7. The van der Waals surface area contributed by atoms with Crippen molar-refractivity contribution in [3.63, 3.8) is 0 Å². The first kappa shape index (κ1) is 29.1. The molecule has 5 rings (SSSR count). The molecule has 1 amide bonds. The number of carboxylic acids is 1. The maximum Gasteiger partial charge on any atom is 0.438 e. The number of hydrogen-bond donors (Lipinski definition) is 2. The number of ether oxygens (including phenoxy) is 2. The third-order valence-electron chi connectivity index (χ3n) is 7.85. The zero-order chi connectivity index (χ0) is 29.0. The Morgan fingerprint density at radius 1 is 1.22 bits per heavy atom. The normalized spacial score (nSPS) is 23.1. The quantitative estimate of drug-likeness (QED) is 0.388. The van der Waals surface area contributed by atoms with E-state index in [4.69, 9.17) is 9.47 Å². The minimum Gasteiger partial charge on any atom is -0.550 e. The highest BCUT2D eigenvalue weighted by atomic mass is 19.4. The fourth-order valence-electron chi connectivity index (χ4n) is 5.86. The van der Waals surface area contributed by atoms with Crippen molar-refractivity contribution < 1.29 is 41.8 Å². The first-order valence-electron chi connectivity index (χ1n) is 13.9. The molecule has 0 bridgehead atoms. The lowest BCUT2D eigenvalue weighted by molar-refractivity contribution is -0.879. The number of imidazole rings is 1. The van der Waals surface area contributed by atoms with Crippen LogP contribution >= 0.6 is 0 Å². The van der Waals surface area contributed by atoms with Crippen molar-refractivity contribution in [3.05, 3.63) is 41.2 Å². The van der Waals surface area contributed by atoms with Gasteiger partial charge in [-0.2, -0.15) is 13.2 Å². The Kier molecular flexibility index (Phi) is 8.71. The number of morpholine rings is 1. The van der Waals surface area contributed by atoms with Crippen LogP contribution in [-0.2, 0) is 33.7 Å².